The van der Waals surface area contributed by atoms with Crippen LogP contribution < -0.4 is 0 Å². The van der Waals surface area contributed by atoms with E-state index in [1.807, 2.05) is 6.92 Å². The van der Waals surface area contributed by atoms with E-state index in [-0.39, 0.29) is 0 Å². The first-order valence-corrected chi connectivity index (χ1v) is 4.70. The molecule has 0 amide bonds. The Kier molecular flexibility index (Phi) is 5.79. The van der Waals surface area contributed by atoms with Gasteiger partial charge in [-0.1, -0.05) is 13.3 Å². The second kappa shape index (κ2) is 5.78. The van der Waals surface area contributed by atoms with Crippen LogP contribution in [0.4, 0.5) is 0 Å². The summed E-state index contributed by atoms with van der Waals surface area (Å²) in [6.45, 7) is 3.97. The summed E-state index contributed by atoms with van der Waals surface area (Å²) in [6, 6.07) is 0. The Morgan fingerprint density at radius 3 is 2.70 bits per heavy atom. The number of aliphatic hydroxyl groups excluding tert-OH is 1. The predicted molar refractivity (Wildman–Crippen MR) is 40.1 cm³/mol. The number of hydrogen-bond donors (Lipinski definition) is 1. The van der Waals surface area contributed by atoms with Gasteiger partial charge in [0.05, 0.1) is 0 Å². The standard InChI is InChI=1S/C6H14O3P/c1-3-4-5-9-10(8)6(2)7/h6-7H,3-5H2,1-2H3/q+1. The largest absolute Gasteiger partial charge is 0.539 e. The first-order valence-electron chi connectivity index (χ1n) is 3.45. The van der Waals surface area contributed by atoms with Crippen molar-refractivity contribution < 1.29 is 14.2 Å². The van der Waals surface area contributed by atoms with Crippen molar-refractivity contribution in [3.8, 4) is 0 Å². The van der Waals surface area contributed by atoms with Crippen molar-refractivity contribution in [3.05, 3.63) is 0 Å². The zero-order valence-corrected chi connectivity index (χ0v) is 7.30. The Morgan fingerprint density at radius 1 is 1.70 bits per heavy atom. The third-order valence-electron chi connectivity index (χ3n) is 1.02. The highest BCUT2D eigenvalue weighted by molar-refractivity contribution is 7.39. The quantitative estimate of drug-likeness (QED) is 0.499. The van der Waals surface area contributed by atoms with Gasteiger partial charge in [0.25, 0.3) is 5.85 Å². The molecular weight excluding hydrogens is 151 g/mol. The van der Waals surface area contributed by atoms with E-state index in [9.17, 15) is 4.57 Å². The molecular formula is C6H14O3P+. The first kappa shape index (κ1) is 10.0. The van der Waals surface area contributed by atoms with Crippen molar-refractivity contribution in [3.63, 3.8) is 0 Å². The molecule has 0 aliphatic rings. The van der Waals surface area contributed by atoms with Crippen LogP contribution >= 0.6 is 8.03 Å². The van der Waals surface area contributed by atoms with E-state index in [1.54, 1.807) is 0 Å². The predicted octanol–water partition coefficient (Wildman–Crippen LogP) is 1.88. The average molecular weight is 165 g/mol. The third-order valence-corrected chi connectivity index (χ3v) is 2.07. The Hall–Kier alpha value is 0.0200. The number of aliphatic hydroxyl groups is 1. The van der Waals surface area contributed by atoms with Gasteiger partial charge < -0.3 is 5.11 Å². The Bertz CT molecular complexity index is 103. The minimum absolute atomic E-state index is 0.483. The van der Waals surface area contributed by atoms with Crippen LogP contribution in [0.3, 0.4) is 0 Å². The van der Waals surface area contributed by atoms with Crippen LogP contribution in [0.2, 0.25) is 0 Å². The molecule has 1 N–H and O–H groups in total. The fraction of sp³-hybridized carbons (Fsp3) is 1.00. The summed E-state index contributed by atoms with van der Waals surface area (Å²) in [6.07, 6.45) is 1.91. The van der Waals surface area contributed by atoms with E-state index in [0.29, 0.717) is 6.61 Å². The molecule has 0 aliphatic carbocycles. The lowest BCUT2D eigenvalue weighted by Crippen LogP contribution is -1.95. The van der Waals surface area contributed by atoms with Gasteiger partial charge in [-0.2, -0.15) is 0 Å². The topological polar surface area (TPSA) is 46.5 Å². The van der Waals surface area contributed by atoms with E-state index >= 15 is 0 Å². The Balaban J connectivity index is 3.22. The maximum atomic E-state index is 10.7. The van der Waals surface area contributed by atoms with Gasteiger partial charge in [0.15, 0.2) is 0 Å². The highest BCUT2D eigenvalue weighted by Crippen LogP contribution is 2.26. The van der Waals surface area contributed by atoms with Gasteiger partial charge in [-0.05, 0) is 11.0 Å². The normalized spacial score (nSPS) is 14.9. The minimum Gasteiger partial charge on any atom is -0.349 e. The Labute approximate surface area is 62.3 Å². The minimum atomic E-state index is -1.85. The van der Waals surface area contributed by atoms with Crippen molar-refractivity contribution in [1.29, 1.82) is 0 Å². The van der Waals surface area contributed by atoms with E-state index in [0.717, 1.165) is 12.8 Å². The molecule has 4 heteroatoms. The summed E-state index contributed by atoms with van der Waals surface area (Å²) in [7, 11) is -1.85. The van der Waals surface area contributed by atoms with Gasteiger partial charge in [-0.3, -0.25) is 0 Å². The first-order chi connectivity index (χ1) is 4.68. The van der Waals surface area contributed by atoms with E-state index < -0.39 is 13.9 Å². The monoisotopic (exact) mass is 165 g/mol. The smallest absolute Gasteiger partial charge is 0.349 e. The van der Waals surface area contributed by atoms with Crippen LogP contribution in [0.15, 0.2) is 0 Å². The summed E-state index contributed by atoms with van der Waals surface area (Å²) in [4.78, 5) is 0. The van der Waals surface area contributed by atoms with Gasteiger partial charge in [0, 0.05) is 6.92 Å². The average Bonchev–Trinajstić information content (AvgIpc) is 1.88. The van der Waals surface area contributed by atoms with Crippen molar-refractivity contribution in [2.45, 2.75) is 32.5 Å². The van der Waals surface area contributed by atoms with Gasteiger partial charge in [0.1, 0.15) is 6.61 Å². The summed E-state index contributed by atoms with van der Waals surface area (Å²) in [5.41, 5.74) is 0. The third kappa shape index (κ3) is 4.86. The molecule has 2 atom stereocenters. The second-order valence-electron chi connectivity index (χ2n) is 2.10. The Morgan fingerprint density at radius 2 is 2.30 bits per heavy atom. The molecule has 10 heavy (non-hydrogen) atoms. The maximum Gasteiger partial charge on any atom is 0.539 e. The van der Waals surface area contributed by atoms with Crippen LogP contribution in [0.25, 0.3) is 0 Å². The molecule has 0 aromatic heterocycles. The number of rotatable bonds is 5. The molecule has 0 saturated heterocycles. The molecule has 0 heterocycles. The van der Waals surface area contributed by atoms with Gasteiger partial charge in [-0.15, -0.1) is 4.52 Å². The van der Waals surface area contributed by atoms with Crippen LogP contribution in [0.5, 0.6) is 0 Å². The van der Waals surface area contributed by atoms with Crippen LogP contribution in [-0.4, -0.2) is 17.6 Å². The molecule has 60 valence electrons. The molecule has 0 radical (unpaired) electrons. The molecule has 0 spiro atoms. The van der Waals surface area contributed by atoms with Crippen molar-refractivity contribution >= 4 is 8.03 Å². The van der Waals surface area contributed by atoms with Gasteiger partial charge in [-0.25, -0.2) is 0 Å². The van der Waals surface area contributed by atoms with Crippen molar-refractivity contribution in [1.82, 2.24) is 0 Å². The van der Waals surface area contributed by atoms with Crippen molar-refractivity contribution in [2.24, 2.45) is 0 Å². The van der Waals surface area contributed by atoms with Crippen LogP contribution in [-0.2, 0) is 9.09 Å². The lowest BCUT2D eigenvalue weighted by atomic mass is 10.4. The fourth-order valence-electron chi connectivity index (χ4n) is 0.407. The number of unbranched alkanes of at least 4 members (excludes halogenated alkanes) is 1. The molecule has 3 nitrogen and oxygen atoms in total. The molecule has 2 unspecified atom stereocenters. The van der Waals surface area contributed by atoms with Gasteiger partial charge in [0.2, 0.25) is 0 Å². The summed E-state index contributed by atoms with van der Waals surface area (Å²) in [5.74, 6) is -0.841. The lowest BCUT2D eigenvalue weighted by Gasteiger charge is -1.90. The van der Waals surface area contributed by atoms with E-state index in [4.69, 9.17) is 9.63 Å². The zero-order valence-electron chi connectivity index (χ0n) is 6.41. The summed E-state index contributed by atoms with van der Waals surface area (Å²) in [5, 5.41) is 8.71. The number of hydrogen-bond acceptors (Lipinski definition) is 3. The zero-order chi connectivity index (χ0) is 7.98. The van der Waals surface area contributed by atoms with E-state index in [2.05, 4.69) is 0 Å². The highest BCUT2D eigenvalue weighted by atomic mass is 31.1. The second-order valence-corrected chi connectivity index (χ2v) is 3.68. The van der Waals surface area contributed by atoms with E-state index in [1.165, 1.54) is 6.92 Å². The molecule has 0 saturated carbocycles. The molecule has 0 aromatic carbocycles. The SMILES string of the molecule is CCCCO[P+](=O)C(C)O. The fourth-order valence-corrected chi connectivity index (χ4v) is 0.932. The van der Waals surface area contributed by atoms with Crippen molar-refractivity contribution in [2.75, 3.05) is 6.61 Å². The molecule has 0 fully saturated rings. The lowest BCUT2D eigenvalue weighted by molar-refractivity contribution is 0.230. The van der Waals surface area contributed by atoms with Gasteiger partial charge >= 0.3 is 8.03 Å². The highest BCUT2D eigenvalue weighted by Gasteiger charge is 2.24. The molecule has 0 bridgehead atoms. The summed E-state index contributed by atoms with van der Waals surface area (Å²) < 4.78 is 15.5. The molecule has 0 aromatic rings. The molecule has 0 aliphatic heterocycles. The van der Waals surface area contributed by atoms with Crippen LogP contribution in [0.1, 0.15) is 26.7 Å². The maximum absolute atomic E-state index is 10.7. The summed E-state index contributed by atoms with van der Waals surface area (Å²) >= 11 is 0. The van der Waals surface area contributed by atoms with Crippen LogP contribution in [0, 0.1) is 0 Å². The molecule has 0 rings (SSSR count).